The Kier molecular flexibility index (Phi) is 6.77. The molecule has 0 bridgehead atoms. The SMILES string of the molecule is CCOC(N)=O.O=Cc1ccccc1. The molecule has 1 rings (SSSR count). The first-order chi connectivity index (χ1) is 6.70. The smallest absolute Gasteiger partial charge is 0.404 e. The van der Waals surface area contributed by atoms with Crippen LogP contribution in [0.4, 0.5) is 4.79 Å². The average molecular weight is 195 g/mol. The molecule has 0 spiro atoms. The van der Waals surface area contributed by atoms with Crippen LogP contribution >= 0.6 is 0 Å². The summed E-state index contributed by atoms with van der Waals surface area (Å²) in [5.74, 6) is 0. The van der Waals surface area contributed by atoms with Crippen LogP contribution in [0.1, 0.15) is 17.3 Å². The Morgan fingerprint density at radius 3 is 2.21 bits per heavy atom. The molecule has 0 heterocycles. The second-order valence-corrected chi connectivity index (χ2v) is 2.28. The lowest BCUT2D eigenvalue weighted by Gasteiger charge is -1.89. The molecule has 0 fully saturated rings. The summed E-state index contributed by atoms with van der Waals surface area (Å²) in [4.78, 5) is 19.6. The van der Waals surface area contributed by atoms with E-state index in [-0.39, 0.29) is 0 Å². The molecular weight excluding hydrogens is 182 g/mol. The van der Waals surface area contributed by atoms with E-state index in [0.717, 1.165) is 11.8 Å². The number of hydrogen-bond donors (Lipinski definition) is 1. The molecule has 0 aliphatic heterocycles. The minimum atomic E-state index is -0.711. The van der Waals surface area contributed by atoms with Gasteiger partial charge in [0, 0.05) is 5.56 Å². The van der Waals surface area contributed by atoms with Crippen LogP contribution in [0, 0.1) is 0 Å². The van der Waals surface area contributed by atoms with Gasteiger partial charge in [-0.3, -0.25) is 4.79 Å². The van der Waals surface area contributed by atoms with Crippen molar-refractivity contribution in [3.8, 4) is 0 Å². The van der Waals surface area contributed by atoms with Crippen LogP contribution < -0.4 is 5.73 Å². The Morgan fingerprint density at radius 2 is 2.00 bits per heavy atom. The Hall–Kier alpha value is -1.84. The van der Waals surface area contributed by atoms with Gasteiger partial charge in [0.15, 0.2) is 0 Å². The molecular formula is C10H13NO3. The van der Waals surface area contributed by atoms with Crippen molar-refractivity contribution < 1.29 is 14.3 Å². The first kappa shape index (κ1) is 12.2. The number of primary amides is 1. The molecule has 0 aromatic heterocycles. The molecule has 0 saturated heterocycles. The van der Waals surface area contributed by atoms with Crippen LogP contribution in [0.25, 0.3) is 0 Å². The number of aldehydes is 1. The molecule has 0 radical (unpaired) electrons. The van der Waals surface area contributed by atoms with Crippen molar-refractivity contribution in [2.75, 3.05) is 6.61 Å². The van der Waals surface area contributed by atoms with Crippen molar-refractivity contribution in [1.29, 1.82) is 0 Å². The molecule has 1 aromatic rings. The largest absolute Gasteiger partial charge is 0.450 e. The molecule has 2 N–H and O–H groups in total. The van der Waals surface area contributed by atoms with Gasteiger partial charge >= 0.3 is 6.09 Å². The summed E-state index contributed by atoms with van der Waals surface area (Å²) in [6.45, 7) is 2.06. The van der Waals surface area contributed by atoms with Crippen LogP contribution in [-0.4, -0.2) is 19.0 Å². The number of hydrogen-bond acceptors (Lipinski definition) is 3. The Labute approximate surface area is 82.7 Å². The molecule has 0 aliphatic carbocycles. The number of benzene rings is 1. The standard InChI is InChI=1S/C7H6O.C3H7NO2/c8-6-7-4-2-1-3-5-7;1-2-6-3(4)5/h1-6H;2H2,1H3,(H2,4,5). The predicted molar refractivity (Wildman–Crippen MR) is 53.0 cm³/mol. The summed E-state index contributed by atoms with van der Waals surface area (Å²) in [5.41, 5.74) is 5.27. The maximum Gasteiger partial charge on any atom is 0.404 e. The minimum absolute atomic E-state index is 0.356. The third kappa shape index (κ3) is 6.84. The topological polar surface area (TPSA) is 69.4 Å². The van der Waals surface area contributed by atoms with Gasteiger partial charge in [0.05, 0.1) is 6.61 Å². The lowest BCUT2D eigenvalue weighted by Crippen LogP contribution is -2.11. The fraction of sp³-hybridized carbons (Fsp3) is 0.200. The predicted octanol–water partition coefficient (Wildman–Crippen LogP) is 1.60. The monoisotopic (exact) mass is 195 g/mol. The van der Waals surface area contributed by atoms with E-state index in [2.05, 4.69) is 10.5 Å². The fourth-order valence-corrected chi connectivity index (χ4v) is 0.674. The summed E-state index contributed by atoms with van der Waals surface area (Å²) >= 11 is 0. The molecule has 14 heavy (non-hydrogen) atoms. The third-order valence-corrected chi connectivity index (χ3v) is 1.22. The van der Waals surface area contributed by atoms with Crippen molar-refractivity contribution >= 4 is 12.4 Å². The average Bonchev–Trinajstić information content (AvgIpc) is 2.20. The molecule has 76 valence electrons. The van der Waals surface area contributed by atoms with Gasteiger partial charge in [-0.05, 0) is 6.92 Å². The van der Waals surface area contributed by atoms with Gasteiger partial charge in [0.25, 0.3) is 0 Å². The number of nitrogens with two attached hydrogens (primary N) is 1. The van der Waals surface area contributed by atoms with E-state index in [1.807, 2.05) is 18.2 Å². The summed E-state index contributed by atoms with van der Waals surface area (Å²) in [6.07, 6.45) is 0.123. The zero-order chi connectivity index (χ0) is 10.8. The van der Waals surface area contributed by atoms with Gasteiger partial charge in [0.1, 0.15) is 6.29 Å². The van der Waals surface area contributed by atoms with E-state index in [4.69, 9.17) is 0 Å². The Balaban J connectivity index is 0.000000255. The van der Waals surface area contributed by atoms with E-state index in [9.17, 15) is 9.59 Å². The first-order valence-corrected chi connectivity index (χ1v) is 4.13. The normalized spacial score (nSPS) is 8.07. The second kappa shape index (κ2) is 7.79. The molecule has 0 unspecified atom stereocenters. The lowest BCUT2D eigenvalue weighted by molar-refractivity contribution is 0.112. The van der Waals surface area contributed by atoms with Crippen LogP contribution in [0.3, 0.4) is 0 Å². The number of carbonyl (C=O) groups excluding carboxylic acids is 2. The summed E-state index contributed by atoms with van der Waals surface area (Å²) in [6, 6.07) is 9.10. The van der Waals surface area contributed by atoms with Crippen LogP contribution in [0.5, 0.6) is 0 Å². The van der Waals surface area contributed by atoms with Crippen molar-refractivity contribution in [2.24, 2.45) is 5.73 Å². The molecule has 1 amide bonds. The van der Waals surface area contributed by atoms with Gasteiger partial charge < -0.3 is 10.5 Å². The van der Waals surface area contributed by atoms with E-state index >= 15 is 0 Å². The van der Waals surface area contributed by atoms with Gasteiger partial charge in [0.2, 0.25) is 0 Å². The fourth-order valence-electron chi connectivity index (χ4n) is 0.674. The molecule has 1 aromatic carbocycles. The van der Waals surface area contributed by atoms with Crippen molar-refractivity contribution in [1.82, 2.24) is 0 Å². The molecule has 4 nitrogen and oxygen atoms in total. The van der Waals surface area contributed by atoms with Gasteiger partial charge in [-0.2, -0.15) is 0 Å². The van der Waals surface area contributed by atoms with E-state index < -0.39 is 6.09 Å². The van der Waals surface area contributed by atoms with Crippen molar-refractivity contribution in [3.05, 3.63) is 35.9 Å². The maximum atomic E-state index is 10.0. The molecule has 4 heteroatoms. The lowest BCUT2D eigenvalue weighted by atomic mass is 10.2. The van der Waals surface area contributed by atoms with E-state index in [0.29, 0.717) is 6.61 Å². The van der Waals surface area contributed by atoms with Crippen molar-refractivity contribution in [3.63, 3.8) is 0 Å². The highest BCUT2D eigenvalue weighted by Gasteiger charge is 1.82. The zero-order valence-electron chi connectivity index (χ0n) is 7.97. The van der Waals surface area contributed by atoms with Crippen LogP contribution in [0.2, 0.25) is 0 Å². The van der Waals surface area contributed by atoms with E-state index in [1.54, 1.807) is 19.1 Å². The van der Waals surface area contributed by atoms with Gasteiger partial charge in [-0.15, -0.1) is 0 Å². The van der Waals surface area contributed by atoms with Gasteiger partial charge in [-0.1, -0.05) is 30.3 Å². The second-order valence-electron chi connectivity index (χ2n) is 2.28. The number of carbonyl (C=O) groups is 2. The molecule has 0 atom stereocenters. The number of ether oxygens (including phenoxy) is 1. The quantitative estimate of drug-likeness (QED) is 0.728. The van der Waals surface area contributed by atoms with Crippen LogP contribution in [-0.2, 0) is 4.74 Å². The highest BCUT2D eigenvalue weighted by molar-refractivity contribution is 5.74. The minimum Gasteiger partial charge on any atom is -0.450 e. The summed E-state index contributed by atoms with van der Waals surface area (Å²) < 4.78 is 4.18. The first-order valence-electron chi connectivity index (χ1n) is 4.13. The maximum absolute atomic E-state index is 10.0. The van der Waals surface area contributed by atoms with Crippen molar-refractivity contribution in [2.45, 2.75) is 6.92 Å². The highest BCUT2D eigenvalue weighted by Crippen LogP contribution is 1.91. The summed E-state index contributed by atoms with van der Waals surface area (Å²) in [7, 11) is 0. The Morgan fingerprint density at radius 1 is 1.43 bits per heavy atom. The number of amides is 1. The molecule has 0 aliphatic rings. The molecule has 0 saturated carbocycles. The van der Waals surface area contributed by atoms with Gasteiger partial charge in [-0.25, -0.2) is 4.79 Å². The van der Waals surface area contributed by atoms with E-state index in [1.165, 1.54) is 0 Å². The Bertz CT molecular complexity index is 272. The van der Waals surface area contributed by atoms with Crippen LogP contribution in [0.15, 0.2) is 30.3 Å². The zero-order valence-corrected chi connectivity index (χ0v) is 7.97. The highest BCUT2D eigenvalue weighted by atomic mass is 16.5. The summed E-state index contributed by atoms with van der Waals surface area (Å²) in [5, 5.41) is 0. The third-order valence-electron chi connectivity index (χ3n) is 1.22. The number of rotatable bonds is 2.